The van der Waals surface area contributed by atoms with Crippen molar-refractivity contribution in [2.24, 2.45) is 0 Å². The fourth-order valence-electron chi connectivity index (χ4n) is 1.91. The SMILES string of the molecule is CCCNC(=O)[C@@H](C)[S@](=O)Cc1coc(-c2cccc(F)c2)n1. The van der Waals surface area contributed by atoms with Crippen LogP contribution in [0.15, 0.2) is 34.9 Å². The standard InChI is InChI=1S/C16H19FN2O3S/c1-3-7-18-15(20)11(2)23(21)10-14-9-22-16(19-14)12-5-4-6-13(17)8-12/h4-6,8-9,11H,3,7,10H2,1-2H3,(H,18,20)/t11-,23-/m1/s1. The predicted octanol–water partition coefficient (Wildman–Crippen LogP) is 2.64. The summed E-state index contributed by atoms with van der Waals surface area (Å²) in [5, 5.41) is 2.09. The highest BCUT2D eigenvalue weighted by molar-refractivity contribution is 7.85. The minimum absolute atomic E-state index is 0.111. The number of rotatable bonds is 7. The molecule has 0 radical (unpaired) electrons. The molecule has 1 aromatic carbocycles. The van der Waals surface area contributed by atoms with Crippen molar-refractivity contribution in [3.63, 3.8) is 0 Å². The van der Waals surface area contributed by atoms with Gasteiger partial charge in [0.2, 0.25) is 11.8 Å². The third kappa shape index (κ3) is 4.72. The maximum atomic E-state index is 13.2. The lowest BCUT2D eigenvalue weighted by Crippen LogP contribution is -2.36. The number of carbonyl (C=O) groups is 1. The number of nitrogens with one attached hydrogen (secondary N) is 1. The molecule has 0 fully saturated rings. The minimum Gasteiger partial charge on any atom is -0.444 e. The van der Waals surface area contributed by atoms with Crippen LogP contribution in [0.5, 0.6) is 0 Å². The van der Waals surface area contributed by atoms with E-state index < -0.39 is 16.0 Å². The third-order valence-electron chi connectivity index (χ3n) is 3.23. The van der Waals surface area contributed by atoms with Gasteiger partial charge in [-0.25, -0.2) is 9.37 Å². The molecule has 0 aliphatic carbocycles. The summed E-state index contributed by atoms with van der Waals surface area (Å²) < 4.78 is 30.7. The first-order valence-corrected chi connectivity index (χ1v) is 8.74. The summed E-state index contributed by atoms with van der Waals surface area (Å²) in [5.41, 5.74) is 0.980. The molecule has 124 valence electrons. The van der Waals surface area contributed by atoms with E-state index in [2.05, 4.69) is 10.3 Å². The Hall–Kier alpha value is -2.02. The van der Waals surface area contributed by atoms with Crippen molar-refractivity contribution in [3.05, 3.63) is 42.0 Å². The van der Waals surface area contributed by atoms with Crippen LogP contribution >= 0.6 is 0 Å². The van der Waals surface area contributed by atoms with Crippen LogP contribution in [0.25, 0.3) is 11.5 Å². The minimum atomic E-state index is -1.41. The normalized spacial score (nSPS) is 13.5. The zero-order chi connectivity index (χ0) is 16.8. The Morgan fingerprint density at radius 1 is 1.48 bits per heavy atom. The van der Waals surface area contributed by atoms with Crippen LogP contribution in [-0.2, 0) is 21.3 Å². The molecule has 0 saturated heterocycles. The smallest absolute Gasteiger partial charge is 0.235 e. The van der Waals surface area contributed by atoms with Gasteiger partial charge in [-0.3, -0.25) is 9.00 Å². The van der Waals surface area contributed by atoms with Crippen molar-refractivity contribution in [1.29, 1.82) is 0 Å². The third-order valence-corrected chi connectivity index (χ3v) is 4.81. The molecule has 2 rings (SSSR count). The molecule has 1 amide bonds. The summed E-state index contributed by atoms with van der Waals surface area (Å²) in [5.74, 6) is -0.245. The number of carbonyl (C=O) groups excluding carboxylic acids is 1. The fraction of sp³-hybridized carbons (Fsp3) is 0.375. The van der Waals surface area contributed by atoms with Gasteiger partial charge in [-0.15, -0.1) is 0 Å². The number of hydrogen-bond acceptors (Lipinski definition) is 4. The summed E-state index contributed by atoms with van der Waals surface area (Å²) in [6, 6.07) is 5.88. The topological polar surface area (TPSA) is 72.2 Å². The van der Waals surface area contributed by atoms with Gasteiger partial charge in [-0.2, -0.15) is 0 Å². The quantitative estimate of drug-likeness (QED) is 0.842. The van der Waals surface area contributed by atoms with Gasteiger partial charge in [-0.1, -0.05) is 13.0 Å². The van der Waals surface area contributed by atoms with Crippen molar-refractivity contribution >= 4 is 16.7 Å². The Balaban J connectivity index is 2.01. The molecule has 1 heterocycles. The van der Waals surface area contributed by atoms with E-state index in [9.17, 15) is 13.4 Å². The molecule has 0 aliphatic heterocycles. The number of benzene rings is 1. The monoisotopic (exact) mass is 338 g/mol. The number of halogens is 1. The fourth-order valence-corrected chi connectivity index (χ4v) is 2.91. The van der Waals surface area contributed by atoms with Gasteiger partial charge in [0.1, 0.15) is 17.3 Å². The van der Waals surface area contributed by atoms with Crippen molar-refractivity contribution < 1.29 is 17.8 Å². The largest absolute Gasteiger partial charge is 0.444 e. The van der Waals surface area contributed by atoms with Crippen molar-refractivity contribution in [2.75, 3.05) is 6.54 Å². The Bertz CT molecular complexity index is 702. The van der Waals surface area contributed by atoms with Gasteiger partial charge in [0.15, 0.2) is 0 Å². The van der Waals surface area contributed by atoms with E-state index in [0.29, 0.717) is 17.8 Å². The summed E-state index contributed by atoms with van der Waals surface area (Å²) in [7, 11) is -1.41. The van der Waals surface area contributed by atoms with Crippen LogP contribution in [-0.4, -0.2) is 26.9 Å². The molecule has 0 bridgehead atoms. The van der Waals surface area contributed by atoms with E-state index in [1.807, 2.05) is 6.92 Å². The van der Waals surface area contributed by atoms with Crippen LogP contribution in [0, 0.1) is 5.82 Å². The van der Waals surface area contributed by atoms with Crippen LogP contribution in [0.1, 0.15) is 26.0 Å². The molecule has 0 unspecified atom stereocenters. The average Bonchev–Trinajstić information content (AvgIpc) is 3.00. The van der Waals surface area contributed by atoms with Gasteiger partial charge in [0, 0.05) is 22.9 Å². The Morgan fingerprint density at radius 3 is 2.96 bits per heavy atom. The van der Waals surface area contributed by atoms with E-state index in [0.717, 1.165) is 6.42 Å². The van der Waals surface area contributed by atoms with Crippen LogP contribution < -0.4 is 5.32 Å². The molecule has 1 N–H and O–H groups in total. The first kappa shape index (κ1) is 17.3. The van der Waals surface area contributed by atoms with E-state index in [1.165, 1.54) is 18.4 Å². The number of oxazole rings is 1. The highest BCUT2D eigenvalue weighted by Crippen LogP contribution is 2.20. The highest BCUT2D eigenvalue weighted by atomic mass is 32.2. The number of amides is 1. The number of hydrogen-bond donors (Lipinski definition) is 1. The molecule has 1 aromatic heterocycles. The molecule has 0 saturated carbocycles. The lowest BCUT2D eigenvalue weighted by molar-refractivity contribution is -0.120. The van der Waals surface area contributed by atoms with E-state index >= 15 is 0 Å². The second-order valence-corrected chi connectivity index (χ2v) is 6.87. The first-order chi connectivity index (χ1) is 11.0. The average molecular weight is 338 g/mol. The van der Waals surface area contributed by atoms with Gasteiger partial charge in [0.25, 0.3) is 0 Å². The molecule has 5 nitrogen and oxygen atoms in total. The van der Waals surface area contributed by atoms with Crippen LogP contribution in [0.2, 0.25) is 0 Å². The highest BCUT2D eigenvalue weighted by Gasteiger charge is 2.21. The molecular weight excluding hydrogens is 319 g/mol. The predicted molar refractivity (Wildman–Crippen MR) is 86.5 cm³/mol. The molecule has 23 heavy (non-hydrogen) atoms. The molecule has 2 atom stereocenters. The summed E-state index contributed by atoms with van der Waals surface area (Å²) >= 11 is 0. The van der Waals surface area contributed by atoms with Gasteiger partial charge >= 0.3 is 0 Å². The summed E-state index contributed by atoms with van der Waals surface area (Å²) in [4.78, 5) is 16.0. The molecule has 0 spiro atoms. The molecular formula is C16H19FN2O3S. The summed E-state index contributed by atoms with van der Waals surface area (Å²) in [6.07, 6.45) is 2.21. The zero-order valence-electron chi connectivity index (χ0n) is 13.0. The lowest BCUT2D eigenvalue weighted by Gasteiger charge is -2.10. The molecule has 2 aromatic rings. The first-order valence-electron chi connectivity index (χ1n) is 7.36. The molecule has 0 aliphatic rings. The maximum Gasteiger partial charge on any atom is 0.235 e. The zero-order valence-corrected chi connectivity index (χ0v) is 13.9. The van der Waals surface area contributed by atoms with E-state index in [4.69, 9.17) is 4.42 Å². The van der Waals surface area contributed by atoms with Gasteiger partial charge in [-0.05, 0) is 31.5 Å². The second kappa shape index (κ2) is 8.01. The van der Waals surface area contributed by atoms with Crippen LogP contribution in [0.4, 0.5) is 4.39 Å². The van der Waals surface area contributed by atoms with E-state index in [-0.39, 0.29) is 23.4 Å². The number of aromatic nitrogens is 1. The number of nitrogens with zero attached hydrogens (tertiary/aromatic N) is 1. The summed E-state index contributed by atoms with van der Waals surface area (Å²) in [6.45, 7) is 4.13. The Labute approximate surface area is 136 Å². The second-order valence-electron chi connectivity index (χ2n) is 5.11. The van der Waals surface area contributed by atoms with Crippen LogP contribution in [0.3, 0.4) is 0 Å². The van der Waals surface area contributed by atoms with Crippen molar-refractivity contribution in [2.45, 2.75) is 31.3 Å². The van der Waals surface area contributed by atoms with Gasteiger partial charge in [0.05, 0.1) is 11.4 Å². The Kier molecular flexibility index (Phi) is 6.04. The Morgan fingerprint density at radius 2 is 2.26 bits per heavy atom. The maximum absolute atomic E-state index is 13.2. The van der Waals surface area contributed by atoms with E-state index in [1.54, 1.807) is 19.1 Å². The van der Waals surface area contributed by atoms with Crippen molar-refractivity contribution in [3.8, 4) is 11.5 Å². The molecule has 7 heteroatoms. The van der Waals surface area contributed by atoms with Gasteiger partial charge < -0.3 is 9.73 Å². The lowest BCUT2D eigenvalue weighted by atomic mass is 10.2. The van der Waals surface area contributed by atoms with Crippen molar-refractivity contribution in [1.82, 2.24) is 10.3 Å².